The first-order valence-corrected chi connectivity index (χ1v) is 4.96. The molecule has 2 rings (SSSR count). The van der Waals surface area contributed by atoms with E-state index in [1.807, 2.05) is 19.1 Å². The summed E-state index contributed by atoms with van der Waals surface area (Å²) in [5, 5.41) is 4.64. The Kier molecular flexibility index (Phi) is 2.70. The van der Waals surface area contributed by atoms with Crippen LogP contribution >= 0.6 is 11.6 Å². The molecule has 0 unspecified atom stereocenters. The Balaban J connectivity index is 2.31. The summed E-state index contributed by atoms with van der Waals surface area (Å²) in [5.74, 6) is 0.728. The van der Waals surface area contributed by atoms with Crippen LogP contribution < -0.4 is 5.73 Å². The number of rotatable bonds is 2. The van der Waals surface area contributed by atoms with E-state index in [1.54, 1.807) is 23.3 Å². The van der Waals surface area contributed by atoms with E-state index in [0.717, 1.165) is 11.4 Å². The van der Waals surface area contributed by atoms with Gasteiger partial charge in [-0.1, -0.05) is 17.7 Å². The van der Waals surface area contributed by atoms with E-state index in [4.69, 9.17) is 17.3 Å². The largest absolute Gasteiger partial charge is 0.324 e. The highest BCUT2D eigenvalue weighted by atomic mass is 35.5. The normalized spacial score (nSPS) is 12.7. The second-order valence-corrected chi connectivity index (χ2v) is 3.78. The average Bonchev–Trinajstić information content (AvgIpc) is 2.65. The molecule has 0 amide bonds. The van der Waals surface area contributed by atoms with E-state index in [-0.39, 0.29) is 6.04 Å². The van der Waals surface area contributed by atoms with Crippen LogP contribution in [0.1, 0.15) is 18.5 Å². The molecule has 0 spiro atoms. The van der Waals surface area contributed by atoms with Gasteiger partial charge in [0, 0.05) is 12.2 Å². The van der Waals surface area contributed by atoms with Gasteiger partial charge in [-0.2, -0.15) is 5.10 Å². The van der Waals surface area contributed by atoms with Crippen LogP contribution in [0.15, 0.2) is 30.7 Å². The Morgan fingerprint density at radius 2 is 2.20 bits per heavy atom. The predicted molar refractivity (Wildman–Crippen MR) is 59.0 cm³/mol. The van der Waals surface area contributed by atoms with Crippen molar-refractivity contribution in [3.8, 4) is 5.82 Å². The third-order valence-corrected chi connectivity index (χ3v) is 2.28. The summed E-state index contributed by atoms with van der Waals surface area (Å²) in [6.45, 7) is 1.92. The molecule has 0 aliphatic carbocycles. The van der Waals surface area contributed by atoms with Crippen molar-refractivity contribution in [3.63, 3.8) is 0 Å². The van der Waals surface area contributed by atoms with Crippen molar-refractivity contribution in [2.45, 2.75) is 13.0 Å². The van der Waals surface area contributed by atoms with Gasteiger partial charge in [0.2, 0.25) is 0 Å². The molecular formula is C10H11ClN4. The molecule has 0 aliphatic rings. The summed E-state index contributed by atoms with van der Waals surface area (Å²) in [4.78, 5) is 4.25. The molecule has 0 aromatic carbocycles. The van der Waals surface area contributed by atoms with E-state index in [2.05, 4.69) is 10.1 Å². The van der Waals surface area contributed by atoms with Crippen LogP contribution in [0.5, 0.6) is 0 Å². The van der Waals surface area contributed by atoms with Crippen LogP contribution in [-0.4, -0.2) is 14.8 Å². The standard InChI is InChI=1S/C10H11ClN4/c1-7(12)8-2-3-10(13-4-8)15-6-9(11)5-14-15/h2-7H,12H2,1H3/t7-/m0/s1. The molecule has 78 valence electrons. The van der Waals surface area contributed by atoms with Gasteiger partial charge >= 0.3 is 0 Å². The molecule has 2 aromatic rings. The fraction of sp³-hybridized carbons (Fsp3) is 0.200. The molecular weight excluding hydrogens is 212 g/mol. The topological polar surface area (TPSA) is 56.7 Å². The fourth-order valence-corrected chi connectivity index (χ4v) is 1.36. The molecule has 5 heteroatoms. The Morgan fingerprint density at radius 3 is 2.67 bits per heavy atom. The molecule has 4 nitrogen and oxygen atoms in total. The summed E-state index contributed by atoms with van der Waals surface area (Å²) in [5.41, 5.74) is 6.72. The maximum atomic E-state index is 5.76. The predicted octanol–water partition coefficient (Wildman–Crippen LogP) is 1.94. The second-order valence-electron chi connectivity index (χ2n) is 3.34. The Bertz CT molecular complexity index is 447. The van der Waals surface area contributed by atoms with Crippen LogP contribution in [0, 0.1) is 0 Å². The molecule has 2 heterocycles. The van der Waals surface area contributed by atoms with E-state index in [0.29, 0.717) is 5.02 Å². The number of halogens is 1. The first-order chi connectivity index (χ1) is 7.16. The minimum Gasteiger partial charge on any atom is -0.324 e. The summed E-state index contributed by atoms with van der Waals surface area (Å²) >= 11 is 5.76. The van der Waals surface area contributed by atoms with Gasteiger partial charge in [0.25, 0.3) is 0 Å². The van der Waals surface area contributed by atoms with E-state index in [9.17, 15) is 0 Å². The molecule has 0 saturated heterocycles. The van der Waals surface area contributed by atoms with E-state index < -0.39 is 0 Å². The number of pyridine rings is 1. The van der Waals surface area contributed by atoms with Crippen molar-refractivity contribution >= 4 is 11.6 Å². The maximum absolute atomic E-state index is 5.76. The molecule has 0 radical (unpaired) electrons. The van der Waals surface area contributed by atoms with Gasteiger partial charge in [-0.3, -0.25) is 0 Å². The van der Waals surface area contributed by atoms with Crippen LogP contribution in [0.3, 0.4) is 0 Å². The Morgan fingerprint density at radius 1 is 1.40 bits per heavy atom. The lowest BCUT2D eigenvalue weighted by molar-refractivity contribution is 0.797. The SMILES string of the molecule is C[C@H](N)c1ccc(-n2cc(Cl)cn2)nc1. The van der Waals surface area contributed by atoms with Crippen molar-refractivity contribution in [2.75, 3.05) is 0 Å². The number of hydrogen-bond donors (Lipinski definition) is 1. The Labute approximate surface area is 92.7 Å². The molecule has 0 fully saturated rings. The lowest BCUT2D eigenvalue weighted by Crippen LogP contribution is -2.06. The van der Waals surface area contributed by atoms with Crippen LogP contribution in [-0.2, 0) is 0 Å². The van der Waals surface area contributed by atoms with E-state index >= 15 is 0 Å². The van der Waals surface area contributed by atoms with Crippen molar-refractivity contribution in [3.05, 3.63) is 41.3 Å². The summed E-state index contributed by atoms with van der Waals surface area (Å²) in [6.07, 6.45) is 5.02. The molecule has 1 atom stereocenters. The maximum Gasteiger partial charge on any atom is 0.153 e. The lowest BCUT2D eigenvalue weighted by atomic mass is 10.2. The molecule has 0 saturated carbocycles. The van der Waals surface area contributed by atoms with Gasteiger partial charge in [-0.25, -0.2) is 9.67 Å². The first-order valence-electron chi connectivity index (χ1n) is 4.59. The fourth-order valence-electron chi connectivity index (χ4n) is 1.23. The van der Waals surface area contributed by atoms with Gasteiger partial charge in [0.05, 0.1) is 17.4 Å². The highest BCUT2D eigenvalue weighted by Gasteiger charge is 2.02. The van der Waals surface area contributed by atoms with Crippen molar-refractivity contribution in [1.82, 2.24) is 14.8 Å². The smallest absolute Gasteiger partial charge is 0.153 e. The number of hydrogen-bond acceptors (Lipinski definition) is 3. The minimum atomic E-state index is -0.00670. The lowest BCUT2D eigenvalue weighted by Gasteiger charge is -2.05. The van der Waals surface area contributed by atoms with E-state index in [1.165, 1.54) is 0 Å². The van der Waals surface area contributed by atoms with Gasteiger partial charge < -0.3 is 5.73 Å². The monoisotopic (exact) mass is 222 g/mol. The van der Waals surface area contributed by atoms with Crippen molar-refractivity contribution in [2.24, 2.45) is 5.73 Å². The zero-order chi connectivity index (χ0) is 10.8. The first kappa shape index (κ1) is 10.1. The summed E-state index contributed by atoms with van der Waals surface area (Å²) in [7, 11) is 0. The van der Waals surface area contributed by atoms with Crippen molar-refractivity contribution < 1.29 is 0 Å². The Hall–Kier alpha value is -1.39. The molecule has 2 aromatic heterocycles. The number of nitrogens with zero attached hydrogens (tertiary/aromatic N) is 3. The summed E-state index contributed by atoms with van der Waals surface area (Å²) in [6, 6.07) is 3.79. The zero-order valence-corrected chi connectivity index (χ0v) is 9.02. The minimum absolute atomic E-state index is 0.00670. The quantitative estimate of drug-likeness (QED) is 0.845. The van der Waals surface area contributed by atoms with Gasteiger partial charge in [0.15, 0.2) is 5.82 Å². The second kappa shape index (κ2) is 4.00. The molecule has 2 N–H and O–H groups in total. The van der Waals surface area contributed by atoms with Gasteiger partial charge in [-0.15, -0.1) is 0 Å². The van der Waals surface area contributed by atoms with Gasteiger partial charge in [0.1, 0.15) is 0 Å². The van der Waals surface area contributed by atoms with Crippen LogP contribution in [0.25, 0.3) is 5.82 Å². The molecule has 0 aliphatic heterocycles. The molecule has 0 bridgehead atoms. The van der Waals surface area contributed by atoms with Crippen LogP contribution in [0.4, 0.5) is 0 Å². The molecule has 15 heavy (non-hydrogen) atoms. The summed E-state index contributed by atoms with van der Waals surface area (Å²) < 4.78 is 1.62. The highest BCUT2D eigenvalue weighted by Crippen LogP contribution is 2.12. The van der Waals surface area contributed by atoms with Crippen molar-refractivity contribution in [1.29, 1.82) is 0 Å². The van der Waals surface area contributed by atoms with Gasteiger partial charge in [-0.05, 0) is 18.6 Å². The third kappa shape index (κ3) is 2.16. The van der Waals surface area contributed by atoms with Crippen LogP contribution in [0.2, 0.25) is 5.02 Å². The zero-order valence-electron chi connectivity index (χ0n) is 8.26. The highest BCUT2D eigenvalue weighted by molar-refractivity contribution is 6.30. The third-order valence-electron chi connectivity index (χ3n) is 2.08. The number of aromatic nitrogens is 3. The number of nitrogens with two attached hydrogens (primary N) is 1. The average molecular weight is 223 g/mol.